The van der Waals surface area contributed by atoms with E-state index < -0.39 is 0 Å². The molecule has 1 amide bonds. The number of amides is 1. The molecule has 2 aliphatic rings. The highest BCUT2D eigenvalue weighted by Gasteiger charge is 2.37. The van der Waals surface area contributed by atoms with E-state index in [-0.39, 0.29) is 22.6 Å². The number of fused-ring (bicyclic) bond motifs is 4. The number of nitrogens with zero attached hydrogens (tertiary/aromatic N) is 6. The predicted octanol–water partition coefficient (Wildman–Crippen LogP) is 3.07. The molecule has 33 heavy (non-hydrogen) atoms. The number of likely N-dealkylation sites (tertiary alicyclic amines) is 1. The summed E-state index contributed by atoms with van der Waals surface area (Å²) in [5.74, 6) is 1.06. The van der Waals surface area contributed by atoms with Gasteiger partial charge in [-0.25, -0.2) is 0 Å². The van der Waals surface area contributed by atoms with Gasteiger partial charge < -0.3 is 9.47 Å². The third kappa shape index (κ3) is 4.21. The lowest BCUT2D eigenvalue weighted by Crippen LogP contribution is -2.50. The number of tetrazole rings is 1. The van der Waals surface area contributed by atoms with Gasteiger partial charge in [0.25, 0.3) is 5.56 Å². The van der Waals surface area contributed by atoms with Crippen LogP contribution in [0.25, 0.3) is 5.69 Å². The normalized spacial score (nSPS) is 20.5. The molecule has 1 aromatic carbocycles. The van der Waals surface area contributed by atoms with Crippen LogP contribution >= 0.6 is 11.8 Å². The van der Waals surface area contributed by atoms with E-state index >= 15 is 0 Å². The van der Waals surface area contributed by atoms with Crippen LogP contribution in [0.5, 0.6) is 0 Å². The zero-order chi connectivity index (χ0) is 23.1. The Hall–Kier alpha value is -2.94. The van der Waals surface area contributed by atoms with Crippen LogP contribution in [0, 0.1) is 5.92 Å². The van der Waals surface area contributed by atoms with Gasteiger partial charge in [0.05, 0.1) is 10.9 Å². The third-order valence-electron chi connectivity index (χ3n) is 6.67. The minimum atomic E-state index is -0.318. The summed E-state index contributed by atoms with van der Waals surface area (Å²) in [4.78, 5) is 27.6. The van der Waals surface area contributed by atoms with Crippen molar-refractivity contribution in [1.29, 1.82) is 0 Å². The molecule has 2 bridgehead atoms. The molecule has 0 spiro atoms. The summed E-state index contributed by atoms with van der Waals surface area (Å²) in [7, 11) is 0. The van der Waals surface area contributed by atoms with Crippen molar-refractivity contribution in [2.24, 2.45) is 5.92 Å². The average Bonchev–Trinajstić information content (AvgIpc) is 3.27. The van der Waals surface area contributed by atoms with Gasteiger partial charge in [-0.1, -0.05) is 43.8 Å². The second-order valence-corrected chi connectivity index (χ2v) is 10.6. The Balaban J connectivity index is 1.30. The van der Waals surface area contributed by atoms with Gasteiger partial charge in [0.2, 0.25) is 11.1 Å². The molecule has 0 saturated carbocycles. The number of carbonyl (C=O) groups excluding carboxylic acids is 1. The van der Waals surface area contributed by atoms with Crippen molar-refractivity contribution in [3.8, 4) is 5.69 Å². The topological polar surface area (TPSA) is 85.9 Å². The number of benzene rings is 1. The molecular weight excluding hydrogens is 436 g/mol. The zero-order valence-corrected chi connectivity index (χ0v) is 19.9. The average molecular weight is 465 g/mol. The molecule has 9 heteroatoms. The number of aromatic nitrogens is 5. The van der Waals surface area contributed by atoms with Crippen LogP contribution in [0.4, 0.5) is 0 Å². The van der Waals surface area contributed by atoms with Crippen LogP contribution in [-0.2, 0) is 11.3 Å². The van der Waals surface area contributed by atoms with Gasteiger partial charge in [0.1, 0.15) is 0 Å². The highest BCUT2D eigenvalue weighted by Crippen LogP contribution is 2.36. The van der Waals surface area contributed by atoms with Crippen molar-refractivity contribution in [2.45, 2.75) is 56.0 Å². The fourth-order valence-electron chi connectivity index (χ4n) is 4.96. The summed E-state index contributed by atoms with van der Waals surface area (Å²) in [6, 6.07) is 13.6. The first kappa shape index (κ1) is 21.9. The molecule has 1 fully saturated rings. The molecule has 2 aliphatic heterocycles. The summed E-state index contributed by atoms with van der Waals surface area (Å²) in [6.07, 6.45) is 1.03. The molecular formula is C24H28N6O2S. The molecule has 3 aromatic rings. The van der Waals surface area contributed by atoms with E-state index in [0.29, 0.717) is 36.6 Å². The predicted molar refractivity (Wildman–Crippen MR) is 127 cm³/mol. The Kier molecular flexibility index (Phi) is 5.82. The SMILES string of the molecule is CC(Sc1nnnn1-c1ccc(C(C)C)cc1)C(=O)N1CC2CC(C1)c1cccc(=O)n1C2. The maximum absolute atomic E-state index is 13.4. The van der Waals surface area contributed by atoms with Crippen molar-refractivity contribution in [2.75, 3.05) is 13.1 Å². The standard InChI is InChI=1S/C24H28N6O2S/c1-15(2)18-7-9-20(10-8-18)30-24(25-26-27-30)33-16(3)23(32)28-12-17-11-19(14-28)21-5-4-6-22(31)29(21)13-17/h4-10,15-17,19H,11-14H2,1-3H3. The molecule has 0 aliphatic carbocycles. The Morgan fingerprint density at radius 2 is 1.85 bits per heavy atom. The molecule has 172 valence electrons. The molecule has 4 heterocycles. The van der Waals surface area contributed by atoms with Crippen LogP contribution in [0.2, 0.25) is 0 Å². The van der Waals surface area contributed by atoms with Gasteiger partial charge in [0.15, 0.2) is 0 Å². The monoisotopic (exact) mass is 464 g/mol. The fraction of sp³-hybridized carbons (Fsp3) is 0.458. The summed E-state index contributed by atoms with van der Waals surface area (Å²) in [5, 5.41) is 12.4. The van der Waals surface area contributed by atoms with E-state index in [9.17, 15) is 9.59 Å². The van der Waals surface area contributed by atoms with E-state index in [1.165, 1.54) is 17.3 Å². The number of pyridine rings is 1. The molecule has 8 nitrogen and oxygen atoms in total. The van der Waals surface area contributed by atoms with E-state index in [4.69, 9.17) is 0 Å². The Bertz CT molecular complexity index is 1220. The summed E-state index contributed by atoms with van der Waals surface area (Å²) >= 11 is 1.38. The van der Waals surface area contributed by atoms with E-state index in [1.807, 2.05) is 40.7 Å². The van der Waals surface area contributed by atoms with Gasteiger partial charge in [-0.05, 0) is 59.4 Å². The zero-order valence-electron chi connectivity index (χ0n) is 19.1. The van der Waals surface area contributed by atoms with E-state index in [2.05, 4.69) is 41.5 Å². The first-order valence-corrected chi connectivity index (χ1v) is 12.3. The molecule has 2 aromatic heterocycles. The summed E-state index contributed by atoms with van der Waals surface area (Å²) in [5.41, 5.74) is 3.23. The van der Waals surface area contributed by atoms with Crippen molar-refractivity contribution < 1.29 is 4.79 Å². The Labute approximate surface area is 197 Å². The van der Waals surface area contributed by atoms with E-state index in [0.717, 1.165) is 17.8 Å². The number of hydrogen-bond donors (Lipinski definition) is 0. The Morgan fingerprint density at radius 1 is 1.06 bits per heavy atom. The minimum absolute atomic E-state index is 0.0548. The second kappa shape index (κ2) is 8.78. The summed E-state index contributed by atoms with van der Waals surface area (Å²) in [6.45, 7) is 8.24. The van der Waals surface area contributed by atoms with Crippen molar-refractivity contribution in [1.82, 2.24) is 29.7 Å². The van der Waals surface area contributed by atoms with Crippen LogP contribution in [0.1, 0.15) is 50.3 Å². The van der Waals surface area contributed by atoms with Crippen molar-refractivity contribution in [3.05, 3.63) is 64.1 Å². The lowest BCUT2D eigenvalue weighted by molar-refractivity contribution is -0.133. The second-order valence-electron chi connectivity index (χ2n) is 9.32. The molecule has 0 radical (unpaired) electrons. The summed E-state index contributed by atoms with van der Waals surface area (Å²) < 4.78 is 3.57. The van der Waals surface area contributed by atoms with Gasteiger partial charge in [-0.3, -0.25) is 9.59 Å². The largest absolute Gasteiger partial charge is 0.341 e. The molecule has 3 unspecified atom stereocenters. The van der Waals surface area contributed by atoms with Gasteiger partial charge >= 0.3 is 0 Å². The van der Waals surface area contributed by atoms with Crippen molar-refractivity contribution in [3.63, 3.8) is 0 Å². The van der Waals surface area contributed by atoms with Crippen LogP contribution in [-0.4, -0.2) is 53.9 Å². The minimum Gasteiger partial charge on any atom is -0.341 e. The smallest absolute Gasteiger partial charge is 0.250 e. The lowest BCUT2D eigenvalue weighted by atomic mass is 9.83. The highest BCUT2D eigenvalue weighted by atomic mass is 32.2. The van der Waals surface area contributed by atoms with Crippen LogP contribution in [0.3, 0.4) is 0 Å². The Morgan fingerprint density at radius 3 is 2.61 bits per heavy atom. The third-order valence-corrected chi connectivity index (χ3v) is 7.69. The molecule has 3 atom stereocenters. The first-order valence-electron chi connectivity index (χ1n) is 11.4. The highest BCUT2D eigenvalue weighted by molar-refractivity contribution is 8.00. The number of piperidine rings is 1. The van der Waals surface area contributed by atoms with Gasteiger partial charge in [-0.2, -0.15) is 4.68 Å². The number of thioether (sulfide) groups is 1. The number of carbonyl (C=O) groups is 1. The molecule has 1 saturated heterocycles. The maximum atomic E-state index is 13.4. The first-order chi connectivity index (χ1) is 15.9. The molecule has 0 N–H and O–H groups in total. The van der Waals surface area contributed by atoms with Gasteiger partial charge in [-0.15, -0.1) is 5.10 Å². The number of rotatable bonds is 5. The van der Waals surface area contributed by atoms with Crippen LogP contribution in [0.15, 0.2) is 52.4 Å². The van der Waals surface area contributed by atoms with Gasteiger partial charge in [0, 0.05) is 37.3 Å². The molecule has 5 rings (SSSR count). The number of hydrogen-bond acceptors (Lipinski definition) is 6. The quantitative estimate of drug-likeness (QED) is 0.540. The fourth-order valence-corrected chi connectivity index (χ4v) is 5.85. The lowest BCUT2D eigenvalue weighted by Gasteiger charge is -2.43. The van der Waals surface area contributed by atoms with Crippen molar-refractivity contribution >= 4 is 17.7 Å². The van der Waals surface area contributed by atoms with Crippen LogP contribution < -0.4 is 5.56 Å². The maximum Gasteiger partial charge on any atom is 0.250 e. The van der Waals surface area contributed by atoms with E-state index in [1.54, 1.807) is 10.7 Å².